The van der Waals surface area contributed by atoms with Crippen molar-refractivity contribution in [3.63, 3.8) is 0 Å². The number of carbonyl (C=O) groups excluding carboxylic acids is 2. The van der Waals surface area contributed by atoms with Crippen LogP contribution in [0.25, 0.3) is 11.1 Å². The highest BCUT2D eigenvalue weighted by molar-refractivity contribution is 6.09. The summed E-state index contributed by atoms with van der Waals surface area (Å²) in [7, 11) is 5.72. The van der Waals surface area contributed by atoms with Crippen LogP contribution in [0.15, 0.2) is 60.8 Å². The first-order valence-corrected chi connectivity index (χ1v) is 11.2. The zero-order valence-corrected chi connectivity index (χ0v) is 19.9. The molecular formula is C26H29F3N4O2. The highest BCUT2D eigenvalue weighted by atomic mass is 19.4. The maximum atomic E-state index is 13.0. The third kappa shape index (κ3) is 6.95. The molecule has 2 aromatic carbocycles. The zero-order valence-electron chi connectivity index (χ0n) is 19.9. The van der Waals surface area contributed by atoms with Crippen molar-refractivity contribution in [2.24, 2.45) is 7.05 Å². The van der Waals surface area contributed by atoms with E-state index < -0.39 is 17.6 Å². The quantitative estimate of drug-likeness (QED) is 0.417. The number of nitrogens with zero attached hydrogens (tertiary/aromatic N) is 2. The summed E-state index contributed by atoms with van der Waals surface area (Å²) in [5.41, 5.74) is 1.40. The second-order valence-electron chi connectivity index (χ2n) is 8.57. The van der Waals surface area contributed by atoms with Crippen LogP contribution >= 0.6 is 0 Å². The predicted octanol–water partition coefficient (Wildman–Crippen LogP) is 5.03. The van der Waals surface area contributed by atoms with Gasteiger partial charge >= 0.3 is 6.18 Å². The lowest BCUT2D eigenvalue weighted by molar-refractivity contribution is -0.137. The van der Waals surface area contributed by atoms with Gasteiger partial charge in [-0.3, -0.25) is 9.59 Å². The molecule has 3 aromatic rings. The van der Waals surface area contributed by atoms with Gasteiger partial charge in [-0.1, -0.05) is 30.3 Å². The summed E-state index contributed by atoms with van der Waals surface area (Å²) in [4.78, 5) is 27.6. The number of unbranched alkanes of at least 4 members (excludes halogenated alkanes) is 1. The van der Waals surface area contributed by atoms with Crippen molar-refractivity contribution in [2.75, 3.05) is 32.5 Å². The molecule has 0 unspecified atom stereocenters. The summed E-state index contributed by atoms with van der Waals surface area (Å²) in [6, 6.07) is 12.9. The molecule has 2 amide bonds. The van der Waals surface area contributed by atoms with Gasteiger partial charge < -0.3 is 20.1 Å². The number of anilines is 1. The van der Waals surface area contributed by atoms with Crippen molar-refractivity contribution in [3.05, 3.63) is 77.6 Å². The van der Waals surface area contributed by atoms with Gasteiger partial charge in [0.25, 0.3) is 11.8 Å². The molecule has 0 aliphatic heterocycles. The van der Waals surface area contributed by atoms with Gasteiger partial charge in [0, 0.05) is 25.4 Å². The number of hydrogen-bond donors (Lipinski definition) is 2. The molecule has 3 rings (SSSR count). The van der Waals surface area contributed by atoms with Crippen LogP contribution in [0.2, 0.25) is 0 Å². The van der Waals surface area contributed by atoms with E-state index in [2.05, 4.69) is 15.5 Å². The summed E-state index contributed by atoms with van der Waals surface area (Å²) in [6.07, 6.45) is -0.961. The Kier molecular flexibility index (Phi) is 8.34. The molecule has 1 heterocycles. The van der Waals surface area contributed by atoms with Crippen LogP contribution < -0.4 is 10.6 Å². The zero-order chi connectivity index (χ0) is 25.6. The molecule has 2 N–H and O–H groups in total. The smallest absolute Gasteiger partial charge is 0.351 e. The number of aryl methyl sites for hydroxylation is 1. The Labute approximate surface area is 202 Å². The summed E-state index contributed by atoms with van der Waals surface area (Å²) in [5, 5.41) is 5.67. The van der Waals surface area contributed by atoms with Gasteiger partial charge in [-0.2, -0.15) is 13.2 Å². The highest BCUT2D eigenvalue weighted by Gasteiger charge is 2.30. The molecular weight excluding hydrogens is 457 g/mol. The van der Waals surface area contributed by atoms with Gasteiger partial charge in [0.05, 0.1) is 11.3 Å². The predicted molar refractivity (Wildman–Crippen MR) is 130 cm³/mol. The van der Waals surface area contributed by atoms with E-state index in [-0.39, 0.29) is 5.91 Å². The third-order valence-electron chi connectivity index (χ3n) is 5.51. The molecule has 9 heteroatoms. The molecule has 0 atom stereocenters. The standard InChI is InChI=1S/C26H29F3N4O2/c1-32(2)15-7-6-14-30-25(35)23-16-20(17-33(23)3)31-24(34)22-9-5-4-8-21(22)18-10-12-19(13-11-18)26(27,28)29/h4-5,8-13,16-17H,6-7,14-15H2,1-3H3,(H,30,35)(H,31,34). The minimum absolute atomic E-state index is 0.233. The second-order valence-corrected chi connectivity index (χ2v) is 8.57. The largest absolute Gasteiger partial charge is 0.416 e. The third-order valence-corrected chi connectivity index (χ3v) is 5.51. The van der Waals surface area contributed by atoms with Crippen molar-refractivity contribution >= 4 is 17.5 Å². The van der Waals surface area contributed by atoms with Crippen molar-refractivity contribution in [2.45, 2.75) is 19.0 Å². The summed E-state index contributed by atoms with van der Waals surface area (Å²) < 4.78 is 40.3. The fraction of sp³-hybridized carbons (Fsp3) is 0.308. The van der Waals surface area contributed by atoms with E-state index in [1.807, 2.05) is 14.1 Å². The fourth-order valence-corrected chi connectivity index (χ4v) is 3.67. The number of aromatic nitrogens is 1. The number of benzene rings is 2. The van der Waals surface area contributed by atoms with Crippen LogP contribution in [0, 0.1) is 0 Å². The van der Waals surface area contributed by atoms with Gasteiger partial charge in [-0.15, -0.1) is 0 Å². The Morgan fingerprint density at radius 2 is 1.66 bits per heavy atom. The number of amides is 2. The van der Waals surface area contributed by atoms with Crippen LogP contribution in [0.5, 0.6) is 0 Å². The van der Waals surface area contributed by atoms with Gasteiger partial charge in [0.2, 0.25) is 0 Å². The molecule has 0 spiro atoms. The molecule has 6 nitrogen and oxygen atoms in total. The van der Waals surface area contributed by atoms with E-state index in [9.17, 15) is 22.8 Å². The van der Waals surface area contributed by atoms with Crippen LogP contribution in [0.1, 0.15) is 39.3 Å². The van der Waals surface area contributed by atoms with Crippen LogP contribution in [-0.2, 0) is 13.2 Å². The van der Waals surface area contributed by atoms with Crippen molar-refractivity contribution < 1.29 is 22.8 Å². The Balaban J connectivity index is 1.70. The summed E-state index contributed by atoms with van der Waals surface area (Å²) >= 11 is 0. The molecule has 0 fully saturated rings. The lowest BCUT2D eigenvalue weighted by Crippen LogP contribution is -2.26. The van der Waals surface area contributed by atoms with Gasteiger partial charge in [0.1, 0.15) is 5.69 Å². The average molecular weight is 487 g/mol. The Morgan fingerprint density at radius 3 is 2.31 bits per heavy atom. The monoisotopic (exact) mass is 486 g/mol. The Morgan fingerprint density at radius 1 is 0.971 bits per heavy atom. The number of alkyl halides is 3. The number of carbonyl (C=O) groups is 2. The first-order chi connectivity index (χ1) is 16.6. The Bertz CT molecular complexity index is 1170. The lowest BCUT2D eigenvalue weighted by atomic mass is 9.98. The van der Waals surface area contributed by atoms with E-state index in [0.717, 1.165) is 31.5 Å². The lowest BCUT2D eigenvalue weighted by Gasteiger charge is -2.11. The minimum atomic E-state index is -4.43. The first kappa shape index (κ1) is 26.0. The first-order valence-electron chi connectivity index (χ1n) is 11.2. The molecule has 35 heavy (non-hydrogen) atoms. The van der Waals surface area contributed by atoms with E-state index in [1.54, 1.807) is 48.1 Å². The van der Waals surface area contributed by atoms with Crippen molar-refractivity contribution in [3.8, 4) is 11.1 Å². The molecule has 186 valence electrons. The molecule has 0 saturated heterocycles. The highest BCUT2D eigenvalue weighted by Crippen LogP contribution is 2.32. The van der Waals surface area contributed by atoms with Gasteiger partial charge in [-0.05, 0) is 68.9 Å². The molecule has 0 aliphatic carbocycles. The van der Waals surface area contributed by atoms with Crippen LogP contribution in [-0.4, -0.2) is 48.5 Å². The van der Waals surface area contributed by atoms with Gasteiger partial charge in [0.15, 0.2) is 0 Å². The van der Waals surface area contributed by atoms with Crippen LogP contribution in [0.3, 0.4) is 0 Å². The maximum absolute atomic E-state index is 13.0. The van der Waals surface area contributed by atoms with Crippen molar-refractivity contribution in [1.82, 2.24) is 14.8 Å². The number of nitrogens with one attached hydrogen (secondary N) is 2. The van der Waals surface area contributed by atoms with Crippen molar-refractivity contribution in [1.29, 1.82) is 0 Å². The molecule has 0 aliphatic rings. The topological polar surface area (TPSA) is 66.4 Å². The normalized spacial score (nSPS) is 11.5. The molecule has 0 bridgehead atoms. The summed E-state index contributed by atoms with van der Waals surface area (Å²) in [5.74, 6) is -0.662. The van der Waals surface area contributed by atoms with E-state index in [1.165, 1.54) is 12.1 Å². The van der Waals surface area contributed by atoms with E-state index in [4.69, 9.17) is 0 Å². The SMILES string of the molecule is CN(C)CCCCNC(=O)c1cc(NC(=O)c2ccccc2-c2ccc(C(F)(F)F)cc2)cn1C. The minimum Gasteiger partial charge on any atom is -0.351 e. The number of rotatable bonds is 9. The fourth-order valence-electron chi connectivity index (χ4n) is 3.67. The average Bonchev–Trinajstić information content (AvgIpc) is 3.18. The second kappa shape index (κ2) is 11.2. The van der Waals surface area contributed by atoms with Gasteiger partial charge in [-0.25, -0.2) is 0 Å². The molecule has 1 aromatic heterocycles. The maximum Gasteiger partial charge on any atom is 0.416 e. The Hall–Kier alpha value is -3.59. The molecule has 0 radical (unpaired) electrons. The summed E-state index contributed by atoms with van der Waals surface area (Å²) in [6.45, 7) is 1.50. The number of hydrogen-bond acceptors (Lipinski definition) is 3. The van der Waals surface area contributed by atoms with E-state index in [0.29, 0.717) is 34.6 Å². The van der Waals surface area contributed by atoms with E-state index >= 15 is 0 Å². The number of halogens is 3. The van der Waals surface area contributed by atoms with Crippen LogP contribution in [0.4, 0.5) is 18.9 Å². The molecule has 0 saturated carbocycles.